The van der Waals surface area contributed by atoms with E-state index in [1.54, 1.807) is 24.3 Å². The molecule has 2 rings (SSSR count). The van der Waals surface area contributed by atoms with E-state index in [-0.39, 0.29) is 5.75 Å². The van der Waals surface area contributed by atoms with E-state index in [9.17, 15) is 8.78 Å². The molecule has 2 aromatic rings. The van der Waals surface area contributed by atoms with Gasteiger partial charge >= 0.3 is 6.61 Å². The Morgan fingerprint density at radius 3 is 1.94 bits per heavy atom. The van der Waals surface area contributed by atoms with Crippen LogP contribution in [-0.2, 0) is 0 Å². The summed E-state index contributed by atoms with van der Waals surface area (Å²) in [7, 11) is 0. The van der Waals surface area contributed by atoms with Gasteiger partial charge in [-0.1, -0.05) is 0 Å². The minimum absolute atomic E-state index is 0.172. The highest BCUT2D eigenvalue weighted by Crippen LogP contribution is 2.20. The van der Waals surface area contributed by atoms with Gasteiger partial charge in [0.25, 0.3) is 0 Å². The maximum atomic E-state index is 12.0. The van der Waals surface area contributed by atoms with Crippen LogP contribution < -0.4 is 4.74 Å². The number of aromatic nitrogens is 1. The fourth-order valence-electron chi connectivity index (χ4n) is 1.85. The van der Waals surface area contributed by atoms with Gasteiger partial charge in [0.05, 0.1) is 0 Å². The van der Waals surface area contributed by atoms with Gasteiger partial charge in [-0.15, -0.1) is 0 Å². The Bertz CT molecular complexity index is 483. The fraction of sp³-hybridized carbons (Fsp3) is 0.231. The zero-order valence-corrected chi connectivity index (χ0v) is 9.65. The molecule has 2 nitrogen and oxygen atoms in total. The average molecular weight is 237 g/mol. The molecule has 0 aliphatic rings. The first-order valence-corrected chi connectivity index (χ1v) is 5.28. The lowest BCUT2D eigenvalue weighted by Gasteiger charge is -2.10. The van der Waals surface area contributed by atoms with Crippen molar-refractivity contribution in [2.75, 3.05) is 0 Å². The number of hydrogen-bond donors (Lipinski definition) is 0. The molecule has 1 heterocycles. The molecule has 0 bridgehead atoms. The molecule has 0 aliphatic carbocycles. The Morgan fingerprint density at radius 2 is 1.47 bits per heavy atom. The molecule has 0 saturated carbocycles. The quantitative estimate of drug-likeness (QED) is 0.794. The molecule has 0 saturated heterocycles. The Hall–Kier alpha value is -1.84. The van der Waals surface area contributed by atoms with Gasteiger partial charge in [0.15, 0.2) is 0 Å². The molecule has 0 unspecified atom stereocenters. The van der Waals surface area contributed by atoms with Crippen LogP contribution in [0, 0.1) is 13.8 Å². The molecule has 1 aromatic heterocycles. The molecule has 0 atom stereocenters. The summed E-state index contributed by atoms with van der Waals surface area (Å²) >= 11 is 0. The van der Waals surface area contributed by atoms with Gasteiger partial charge in [0, 0.05) is 17.1 Å². The van der Waals surface area contributed by atoms with Crippen molar-refractivity contribution in [1.29, 1.82) is 0 Å². The molecular weight excluding hydrogens is 224 g/mol. The largest absolute Gasteiger partial charge is 0.435 e. The second kappa shape index (κ2) is 4.57. The number of halogens is 2. The minimum atomic E-state index is -2.78. The van der Waals surface area contributed by atoms with Crippen molar-refractivity contribution in [3.8, 4) is 11.4 Å². The predicted molar refractivity (Wildman–Crippen MR) is 61.9 cm³/mol. The average Bonchev–Trinajstić information content (AvgIpc) is 2.59. The summed E-state index contributed by atoms with van der Waals surface area (Å²) in [5, 5.41) is 0. The lowest BCUT2D eigenvalue weighted by Crippen LogP contribution is -2.02. The standard InChI is InChI=1S/C13H13F2NO/c1-9-3-4-10(2)16(9)11-5-7-12(8-6-11)17-13(14)15/h3-8,13H,1-2H3. The highest BCUT2D eigenvalue weighted by Gasteiger charge is 2.06. The first-order chi connectivity index (χ1) is 8.08. The van der Waals surface area contributed by atoms with Crippen molar-refractivity contribution in [2.24, 2.45) is 0 Å². The lowest BCUT2D eigenvalue weighted by molar-refractivity contribution is -0.0498. The Morgan fingerprint density at radius 1 is 0.941 bits per heavy atom. The minimum Gasteiger partial charge on any atom is -0.435 e. The van der Waals surface area contributed by atoms with Crippen molar-refractivity contribution in [2.45, 2.75) is 20.5 Å². The van der Waals surface area contributed by atoms with Crippen molar-refractivity contribution >= 4 is 0 Å². The maximum absolute atomic E-state index is 12.0. The maximum Gasteiger partial charge on any atom is 0.387 e. The molecule has 90 valence electrons. The third-order valence-corrected chi connectivity index (χ3v) is 2.59. The van der Waals surface area contributed by atoms with E-state index < -0.39 is 6.61 Å². The molecule has 0 spiro atoms. The molecule has 0 radical (unpaired) electrons. The zero-order valence-electron chi connectivity index (χ0n) is 9.65. The number of hydrogen-bond acceptors (Lipinski definition) is 1. The van der Waals surface area contributed by atoms with E-state index in [0.29, 0.717) is 0 Å². The normalized spacial score (nSPS) is 10.9. The van der Waals surface area contributed by atoms with Gasteiger partial charge in [-0.2, -0.15) is 8.78 Å². The number of rotatable bonds is 3. The smallest absolute Gasteiger partial charge is 0.387 e. The van der Waals surface area contributed by atoms with Gasteiger partial charge in [-0.05, 0) is 50.2 Å². The van der Waals surface area contributed by atoms with E-state index in [1.807, 2.05) is 30.5 Å². The SMILES string of the molecule is Cc1ccc(C)n1-c1ccc(OC(F)F)cc1. The molecule has 0 N–H and O–H groups in total. The molecule has 4 heteroatoms. The highest BCUT2D eigenvalue weighted by molar-refractivity contribution is 5.41. The number of aryl methyl sites for hydroxylation is 2. The van der Waals surface area contributed by atoms with Crippen LogP contribution >= 0.6 is 0 Å². The monoisotopic (exact) mass is 237 g/mol. The van der Waals surface area contributed by atoms with Crippen LogP contribution in [0.3, 0.4) is 0 Å². The topological polar surface area (TPSA) is 14.2 Å². The summed E-state index contributed by atoms with van der Waals surface area (Å²) in [5.41, 5.74) is 3.14. The van der Waals surface area contributed by atoms with Crippen molar-refractivity contribution in [1.82, 2.24) is 4.57 Å². The summed E-state index contributed by atoms with van der Waals surface area (Å²) in [6, 6.07) is 10.6. The molecule has 0 amide bonds. The summed E-state index contributed by atoms with van der Waals surface area (Å²) in [6.07, 6.45) is 0. The van der Waals surface area contributed by atoms with E-state index in [2.05, 4.69) is 4.74 Å². The summed E-state index contributed by atoms with van der Waals surface area (Å²) < 4.78 is 30.3. The Kier molecular flexibility index (Phi) is 3.13. The van der Waals surface area contributed by atoms with Crippen LogP contribution in [0.1, 0.15) is 11.4 Å². The fourth-order valence-corrected chi connectivity index (χ4v) is 1.85. The first-order valence-electron chi connectivity index (χ1n) is 5.28. The first kappa shape index (κ1) is 11.6. The zero-order chi connectivity index (χ0) is 12.4. The second-order valence-corrected chi connectivity index (χ2v) is 3.82. The van der Waals surface area contributed by atoms with Crippen LogP contribution in [0.2, 0.25) is 0 Å². The van der Waals surface area contributed by atoms with E-state index in [4.69, 9.17) is 0 Å². The highest BCUT2D eigenvalue weighted by atomic mass is 19.3. The number of benzene rings is 1. The molecule has 1 aromatic carbocycles. The molecule has 0 fully saturated rings. The van der Waals surface area contributed by atoms with Crippen LogP contribution in [0.5, 0.6) is 5.75 Å². The third-order valence-electron chi connectivity index (χ3n) is 2.59. The van der Waals surface area contributed by atoms with Crippen LogP contribution in [-0.4, -0.2) is 11.2 Å². The van der Waals surface area contributed by atoms with E-state index >= 15 is 0 Å². The Labute approximate surface area is 98.4 Å². The van der Waals surface area contributed by atoms with Gasteiger partial charge in [0.2, 0.25) is 0 Å². The van der Waals surface area contributed by atoms with Gasteiger partial charge in [-0.3, -0.25) is 0 Å². The lowest BCUT2D eigenvalue weighted by atomic mass is 10.3. The van der Waals surface area contributed by atoms with Crippen molar-refractivity contribution in [3.63, 3.8) is 0 Å². The predicted octanol–water partition coefficient (Wildman–Crippen LogP) is 3.70. The summed E-state index contributed by atoms with van der Waals surface area (Å²) in [5.74, 6) is 0.172. The number of alkyl halides is 2. The van der Waals surface area contributed by atoms with E-state index in [0.717, 1.165) is 17.1 Å². The number of ether oxygens (including phenoxy) is 1. The molecule has 0 aliphatic heterocycles. The van der Waals surface area contributed by atoms with Crippen molar-refractivity contribution < 1.29 is 13.5 Å². The Balaban J connectivity index is 2.30. The summed E-state index contributed by atoms with van der Waals surface area (Å²) in [4.78, 5) is 0. The second-order valence-electron chi connectivity index (χ2n) is 3.82. The van der Waals surface area contributed by atoms with E-state index in [1.165, 1.54) is 0 Å². The van der Waals surface area contributed by atoms with Gasteiger partial charge < -0.3 is 9.30 Å². The molecule has 17 heavy (non-hydrogen) atoms. The molecular formula is C13H13F2NO. The van der Waals surface area contributed by atoms with Crippen LogP contribution in [0.4, 0.5) is 8.78 Å². The summed E-state index contributed by atoms with van der Waals surface area (Å²) in [6.45, 7) is 1.21. The third kappa shape index (κ3) is 2.46. The van der Waals surface area contributed by atoms with Gasteiger partial charge in [-0.25, -0.2) is 0 Å². The number of nitrogens with zero attached hydrogens (tertiary/aromatic N) is 1. The van der Waals surface area contributed by atoms with Crippen LogP contribution in [0.15, 0.2) is 36.4 Å². The van der Waals surface area contributed by atoms with Crippen LogP contribution in [0.25, 0.3) is 5.69 Å². The van der Waals surface area contributed by atoms with Crippen molar-refractivity contribution in [3.05, 3.63) is 47.8 Å². The van der Waals surface area contributed by atoms with Gasteiger partial charge in [0.1, 0.15) is 5.75 Å².